The average molecular weight is 395 g/mol. The molecule has 0 aliphatic heterocycles. The molecule has 0 atom stereocenters. The lowest BCUT2D eigenvalue weighted by atomic mass is 10.2. The van der Waals surface area contributed by atoms with Crippen LogP contribution in [0.1, 0.15) is 29.1 Å². The van der Waals surface area contributed by atoms with Gasteiger partial charge in [0.2, 0.25) is 0 Å². The van der Waals surface area contributed by atoms with Crippen molar-refractivity contribution >= 4 is 5.91 Å². The van der Waals surface area contributed by atoms with Crippen LogP contribution < -0.4 is 9.47 Å². The predicted octanol–water partition coefficient (Wildman–Crippen LogP) is 3.12. The highest BCUT2D eigenvalue weighted by Crippen LogP contribution is 2.27. The number of para-hydroxylation sites is 2. The molecule has 2 heterocycles. The molecule has 2 aromatic heterocycles. The summed E-state index contributed by atoms with van der Waals surface area (Å²) in [5.74, 6) is 1.73. The number of aromatic nitrogens is 2. The highest BCUT2D eigenvalue weighted by Gasteiger charge is 2.25. The first-order chi connectivity index (χ1) is 14.2. The molecule has 0 radical (unpaired) electrons. The van der Waals surface area contributed by atoms with Crippen LogP contribution in [0, 0.1) is 0 Å². The Balaban J connectivity index is 1.51. The predicted molar refractivity (Wildman–Crippen MR) is 107 cm³/mol. The van der Waals surface area contributed by atoms with E-state index in [1.165, 1.54) is 11.3 Å². The monoisotopic (exact) mass is 395 g/mol. The zero-order valence-electron chi connectivity index (χ0n) is 16.8. The standard InChI is InChI=1S/C22H25N3O4/c1-24-19-9-5-8-17(19)18(23-24)14-25(13-16-7-6-12-28-16)22(26)15-29-21-11-4-3-10-20(21)27-2/h3-4,6-7,10-12H,5,8-9,13-15H2,1-2H3. The van der Waals surface area contributed by atoms with Gasteiger partial charge in [0.25, 0.3) is 5.91 Å². The Hall–Kier alpha value is -3.22. The van der Waals surface area contributed by atoms with E-state index in [2.05, 4.69) is 5.10 Å². The zero-order valence-corrected chi connectivity index (χ0v) is 16.8. The SMILES string of the molecule is COc1ccccc1OCC(=O)N(Cc1ccco1)Cc1nn(C)c2c1CCC2. The second-order valence-electron chi connectivity index (χ2n) is 7.12. The Bertz CT molecular complexity index is 978. The highest BCUT2D eigenvalue weighted by molar-refractivity contribution is 5.77. The van der Waals surface area contributed by atoms with Gasteiger partial charge in [-0.1, -0.05) is 12.1 Å². The molecule has 1 amide bonds. The van der Waals surface area contributed by atoms with Crippen LogP contribution in [0.5, 0.6) is 11.5 Å². The number of carbonyl (C=O) groups is 1. The maximum atomic E-state index is 13.0. The molecule has 0 saturated heterocycles. The van der Waals surface area contributed by atoms with Gasteiger partial charge in [-0.2, -0.15) is 5.10 Å². The van der Waals surface area contributed by atoms with Crippen LogP contribution in [-0.4, -0.2) is 34.3 Å². The van der Waals surface area contributed by atoms with Crippen molar-refractivity contribution in [1.82, 2.24) is 14.7 Å². The molecule has 0 saturated carbocycles. The van der Waals surface area contributed by atoms with Gasteiger partial charge in [0.1, 0.15) is 5.76 Å². The number of rotatable bonds is 8. The number of hydrogen-bond donors (Lipinski definition) is 0. The van der Waals surface area contributed by atoms with E-state index in [0.717, 1.165) is 30.7 Å². The Morgan fingerprint density at radius 2 is 2.00 bits per heavy atom. The minimum absolute atomic E-state index is 0.0872. The number of aryl methyl sites for hydroxylation is 1. The maximum absolute atomic E-state index is 13.0. The first-order valence-electron chi connectivity index (χ1n) is 9.75. The van der Waals surface area contributed by atoms with Crippen molar-refractivity contribution in [2.75, 3.05) is 13.7 Å². The quantitative estimate of drug-likeness (QED) is 0.586. The molecular weight excluding hydrogens is 370 g/mol. The number of ether oxygens (including phenoxy) is 2. The zero-order chi connectivity index (χ0) is 20.2. The van der Waals surface area contributed by atoms with E-state index in [4.69, 9.17) is 13.9 Å². The molecule has 0 spiro atoms. The summed E-state index contributed by atoms with van der Waals surface area (Å²) in [5.41, 5.74) is 3.50. The topological polar surface area (TPSA) is 69.7 Å². The van der Waals surface area contributed by atoms with Gasteiger partial charge in [-0.15, -0.1) is 0 Å². The molecule has 152 valence electrons. The number of hydrogen-bond acceptors (Lipinski definition) is 5. The number of furan rings is 1. The average Bonchev–Trinajstić information content (AvgIpc) is 3.47. The lowest BCUT2D eigenvalue weighted by Crippen LogP contribution is -2.34. The molecular formula is C22H25N3O4. The van der Waals surface area contributed by atoms with Gasteiger partial charge in [0, 0.05) is 12.7 Å². The van der Waals surface area contributed by atoms with Crippen molar-refractivity contribution in [1.29, 1.82) is 0 Å². The van der Waals surface area contributed by atoms with Gasteiger partial charge in [-0.3, -0.25) is 9.48 Å². The molecule has 7 nitrogen and oxygen atoms in total. The fourth-order valence-corrected chi connectivity index (χ4v) is 3.80. The molecule has 3 aromatic rings. The summed E-state index contributed by atoms with van der Waals surface area (Å²) in [6.07, 6.45) is 4.81. The number of nitrogens with zero attached hydrogens (tertiary/aromatic N) is 3. The van der Waals surface area contributed by atoms with Crippen LogP contribution in [0.3, 0.4) is 0 Å². The molecule has 1 aliphatic carbocycles. The summed E-state index contributed by atoms with van der Waals surface area (Å²) < 4.78 is 18.5. The molecule has 1 aromatic carbocycles. The van der Waals surface area contributed by atoms with E-state index < -0.39 is 0 Å². The third kappa shape index (κ3) is 4.13. The van der Waals surface area contributed by atoms with Crippen molar-refractivity contribution in [3.05, 3.63) is 65.4 Å². The number of amides is 1. The van der Waals surface area contributed by atoms with E-state index in [-0.39, 0.29) is 12.5 Å². The summed E-state index contributed by atoms with van der Waals surface area (Å²) >= 11 is 0. The van der Waals surface area contributed by atoms with Gasteiger partial charge in [0.15, 0.2) is 18.1 Å². The lowest BCUT2D eigenvalue weighted by Gasteiger charge is -2.22. The van der Waals surface area contributed by atoms with Gasteiger partial charge in [-0.05, 0) is 49.1 Å². The Kier molecular flexibility index (Phi) is 5.55. The van der Waals surface area contributed by atoms with Gasteiger partial charge < -0.3 is 18.8 Å². The third-order valence-corrected chi connectivity index (χ3v) is 5.24. The molecule has 0 bridgehead atoms. The van der Waals surface area contributed by atoms with Crippen LogP contribution in [0.4, 0.5) is 0 Å². The normalized spacial score (nSPS) is 12.6. The summed E-state index contributed by atoms with van der Waals surface area (Å²) in [6.45, 7) is 0.709. The second-order valence-corrected chi connectivity index (χ2v) is 7.12. The first kappa shape index (κ1) is 19.1. The summed E-state index contributed by atoms with van der Waals surface area (Å²) in [4.78, 5) is 14.8. The van der Waals surface area contributed by atoms with Crippen molar-refractivity contribution in [2.24, 2.45) is 7.05 Å². The van der Waals surface area contributed by atoms with E-state index in [1.54, 1.807) is 30.4 Å². The van der Waals surface area contributed by atoms with E-state index in [1.807, 2.05) is 36.0 Å². The Labute approximate surface area is 169 Å². The molecule has 29 heavy (non-hydrogen) atoms. The van der Waals surface area contributed by atoms with Crippen LogP contribution in [0.25, 0.3) is 0 Å². The maximum Gasteiger partial charge on any atom is 0.261 e. The number of methoxy groups -OCH3 is 1. The highest BCUT2D eigenvalue weighted by atomic mass is 16.5. The Morgan fingerprint density at radius 3 is 2.76 bits per heavy atom. The van der Waals surface area contributed by atoms with Crippen molar-refractivity contribution in [2.45, 2.75) is 32.4 Å². The van der Waals surface area contributed by atoms with E-state index in [9.17, 15) is 4.79 Å². The van der Waals surface area contributed by atoms with Crippen LogP contribution in [0.2, 0.25) is 0 Å². The number of benzene rings is 1. The molecule has 0 N–H and O–H groups in total. The van der Waals surface area contributed by atoms with Crippen LogP contribution in [0.15, 0.2) is 47.1 Å². The number of fused-ring (bicyclic) bond motifs is 1. The fraction of sp³-hybridized carbons (Fsp3) is 0.364. The van der Waals surface area contributed by atoms with Crippen molar-refractivity contribution in [3.8, 4) is 11.5 Å². The van der Waals surface area contributed by atoms with Gasteiger partial charge in [0.05, 0.1) is 32.2 Å². The molecule has 0 unspecified atom stereocenters. The van der Waals surface area contributed by atoms with Gasteiger partial charge in [-0.25, -0.2) is 0 Å². The number of carbonyl (C=O) groups excluding carboxylic acids is 1. The van der Waals surface area contributed by atoms with Gasteiger partial charge >= 0.3 is 0 Å². The second kappa shape index (κ2) is 8.43. The minimum Gasteiger partial charge on any atom is -0.493 e. The molecule has 0 fully saturated rings. The van der Waals surface area contributed by atoms with Crippen molar-refractivity contribution in [3.63, 3.8) is 0 Å². The van der Waals surface area contributed by atoms with E-state index in [0.29, 0.717) is 24.6 Å². The largest absolute Gasteiger partial charge is 0.493 e. The minimum atomic E-state index is -0.135. The summed E-state index contributed by atoms with van der Waals surface area (Å²) in [6, 6.07) is 11.0. The molecule has 4 rings (SSSR count). The molecule has 7 heteroatoms. The van der Waals surface area contributed by atoms with Crippen molar-refractivity contribution < 1.29 is 18.7 Å². The lowest BCUT2D eigenvalue weighted by molar-refractivity contribution is -0.135. The molecule has 1 aliphatic rings. The first-order valence-corrected chi connectivity index (χ1v) is 9.75. The van der Waals surface area contributed by atoms with E-state index >= 15 is 0 Å². The van der Waals surface area contributed by atoms with Crippen LogP contribution in [-0.2, 0) is 37.8 Å². The van der Waals surface area contributed by atoms with Crippen LogP contribution >= 0.6 is 0 Å². The third-order valence-electron chi connectivity index (χ3n) is 5.24. The smallest absolute Gasteiger partial charge is 0.261 e. The summed E-state index contributed by atoms with van der Waals surface area (Å²) in [5, 5.41) is 4.66. The Morgan fingerprint density at radius 1 is 1.17 bits per heavy atom. The fourth-order valence-electron chi connectivity index (χ4n) is 3.80. The summed E-state index contributed by atoms with van der Waals surface area (Å²) in [7, 11) is 3.55.